The Kier molecular flexibility index (Phi) is 7.12. The maximum Gasteiger partial charge on any atom is 0.302 e. The van der Waals surface area contributed by atoms with Crippen molar-refractivity contribution in [2.24, 2.45) is 45.3 Å². The van der Waals surface area contributed by atoms with Gasteiger partial charge in [-0.3, -0.25) is 4.79 Å². The maximum atomic E-state index is 12.4. The van der Waals surface area contributed by atoms with Crippen LogP contribution < -0.4 is 0 Å². The van der Waals surface area contributed by atoms with E-state index >= 15 is 0 Å². The number of hydrogen-bond donors (Lipinski definition) is 2. The van der Waals surface area contributed by atoms with E-state index in [1.807, 2.05) is 6.92 Å². The lowest BCUT2D eigenvalue weighted by molar-refractivity contribution is -0.250. The molecule has 4 rings (SSSR count). The second kappa shape index (κ2) is 9.11. The van der Waals surface area contributed by atoms with E-state index in [4.69, 9.17) is 4.74 Å². The van der Waals surface area contributed by atoms with Crippen LogP contribution in [0.5, 0.6) is 0 Å². The van der Waals surface area contributed by atoms with Gasteiger partial charge in [0.1, 0.15) is 6.10 Å². The molecule has 0 aliphatic heterocycles. The Labute approximate surface area is 220 Å². The predicted molar refractivity (Wildman–Crippen MR) is 145 cm³/mol. The summed E-state index contributed by atoms with van der Waals surface area (Å²) in [5, 5.41) is 22.8. The minimum atomic E-state index is -0.784. The fourth-order valence-corrected chi connectivity index (χ4v) is 10.6. The molecule has 0 spiro atoms. The molecule has 0 heterocycles. The molecule has 4 saturated carbocycles. The first-order valence-corrected chi connectivity index (χ1v) is 14.7. The molecule has 10 atom stereocenters. The van der Waals surface area contributed by atoms with E-state index in [0.29, 0.717) is 11.8 Å². The minimum absolute atomic E-state index is 0.00931. The Morgan fingerprint density at radius 3 is 2.22 bits per heavy atom. The van der Waals surface area contributed by atoms with E-state index in [9.17, 15) is 15.0 Å². The van der Waals surface area contributed by atoms with Crippen LogP contribution in [0.2, 0.25) is 0 Å². The third kappa shape index (κ3) is 4.12. The molecule has 0 amide bonds. The summed E-state index contributed by atoms with van der Waals surface area (Å²) < 4.78 is 6.22. The van der Waals surface area contributed by atoms with E-state index in [2.05, 4.69) is 54.5 Å². The first-order chi connectivity index (χ1) is 16.5. The van der Waals surface area contributed by atoms with E-state index in [0.717, 1.165) is 57.8 Å². The lowest BCUT2D eigenvalue weighted by atomic mass is 9.35. The number of fused-ring (bicyclic) bond motifs is 5. The highest BCUT2D eigenvalue weighted by atomic mass is 16.5. The zero-order chi connectivity index (χ0) is 26.9. The molecule has 0 aromatic rings. The van der Waals surface area contributed by atoms with Gasteiger partial charge in [0.2, 0.25) is 0 Å². The van der Waals surface area contributed by atoms with Gasteiger partial charge in [0.25, 0.3) is 0 Å². The van der Waals surface area contributed by atoms with Crippen molar-refractivity contribution in [1.82, 2.24) is 0 Å². The Balaban J connectivity index is 1.74. The molecule has 0 radical (unpaired) electrons. The number of esters is 1. The zero-order valence-electron chi connectivity index (χ0n) is 24.6. The molecule has 4 aliphatic rings. The summed E-state index contributed by atoms with van der Waals surface area (Å²) in [6.07, 6.45) is 10.6. The number of carbonyl (C=O) groups excluding carboxylic acids is 1. The van der Waals surface area contributed by atoms with Gasteiger partial charge < -0.3 is 14.9 Å². The van der Waals surface area contributed by atoms with Gasteiger partial charge in [0.05, 0.1) is 11.7 Å². The molecule has 36 heavy (non-hydrogen) atoms. The highest BCUT2D eigenvalue weighted by Crippen LogP contribution is 2.76. The van der Waals surface area contributed by atoms with Crippen molar-refractivity contribution < 1.29 is 19.7 Å². The Bertz CT molecular complexity index is 885. The average molecular weight is 503 g/mol. The Hall–Kier alpha value is -0.870. The third-order valence-electron chi connectivity index (χ3n) is 12.7. The number of aliphatic hydroxyl groups excluding tert-OH is 1. The average Bonchev–Trinajstić information content (AvgIpc) is 3.12. The number of aliphatic hydroxyl groups is 2. The molecule has 4 heteroatoms. The summed E-state index contributed by atoms with van der Waals surface area (Å²) in [7, 11) is 0. The van der Waals surface area contributed by atoms with Gasteiger partial charge in [0.15, 0.2) is 0 Å². The molecule has 2 N–H and O–H groups in total. The molecule has 0 aromatic carbocycles. The lowest BCUT2D eigenvalue weighted by Crippen LogP contribution is -2.67. The van der Waals surface area contributed by atoms with Crippen LogP contribution in [-0.4, -0.2) is 34.0 Å². The fraction of sp³-hybridized carbons (Fsp3) is 0.906. The van der Waals surface area contributed by atoms with E-state index in [-0.39, 0.29) is 51.7 Å². The quantitative estimate of drug-likeness (QED) is 0.312. The van der Waals surface area contributed by atoms with Gasteiger partial charge in [-0.05, 0) is 118 Å². The SMILES string of the molecule is CC(=O)OC1CC2C3(C)CC[C@@H](O)C(C)(C)C3CCC2(C)C2(C)CCC(C(C)(O)CCC=C(C)C)C12. The predicted octanol–water partition coefficient (Wildman–Crippen LogP) is 7.07. The highest BCUT2D eigenvalue weighted by molar-refractivity contribution is 5.66. The minimum Gasteiger partial charge on any atom is -0.462 e. The topological polar surface area (TPSA) is 66.8 Å². The van der Waals surface area contributed by atoms with Crippen molar-refractivity contribution in [3.8, 4) is 0 Å². The van der Waals surface area contributed by atoms with Crippen molar-refractivity contribution in [2.75, 3.05) is 0 Å². The smallest absolute Gasteiger partial charge is 0.302 e. The van der Waals surface area contributed by atoms with Gasteiger partial charge in [-0.25, -0.2) is 0 Å². The molecule has 4 aliphatic carbocycles. The first-order valence-electron chi connectivity index (χ1n) is 14.7. The maximum absolute atomic E-state index is 12.4. The number of ether oxygens (including phenoxy) is 1. The van der Waals surface area contributed by atoms with Gasteiger partial charge in [0, 0.05) is 12.8 Å². The summed E-state index contributed by atoms with van der Waals surface area (Å²) in [6, 6.07) is 0. The largest absolute Gasteiger partial charge is 0.462 e. The van der Waals surface area contributed by atoms with Crippen LogP contribution in [0.3, 0.4) is 0 Å². The molecule has 9 unspecified atom stereocenters. The summed E-state index contributed by atoms with van der Waals surface area (Å²) in [5.41, 5.74) is 0.659. The number of allylic oxidation sites excluding steroid dienone is 2. The van der Waals surface area contributed by atoms with Gasteiger partial charge >= 0.3 is 5.97 Å². The zero-order valence-corrected chi connectivity index (χ0v) is 24.6. The van der Waals surface area contributed by atoms with Crippen molar-refractivity contribution in [3.05, 3.63) is 11.6 Å². The van der Waals surface area contributed by atoms with Crippen molar-refractivity contribution in [2.45, 2.75) is 138 Å². The summed E-state index contributed by atoms with van der Waals surface area (Å²) >= 11 is 0. The lowest BCUT2D eigenvalue weighted by Gasteiger charge is -2.70. The van der Waals surface area contributed by atoms with Crippen molar-refractivity contribution >= 4 is 5.97 Å². The molecule has 0 saturated heterocycles. The Morgan fingerprint density at radius 2 is 1.61 bits per heavy atom. The Morgan fingerprint density at radius 1 is 0.972 bits per heavy atom. The van der Waals surface area contributed by atoms with Crippen LogP contribution in [0.15, 0.2) is 11.6 Å². The van der Waals surface area contributed by atoms with Gasteiger partial charge in [-0.15, -0.1) is 0 Å². The number of rotatable bonds is 5. The molecular weight excluding hydrogens is 448 g/mol. The van der Waals surface area contributed by atoms with E-state index < -0.39 is 5.60 Å². The molecule has 0 aromatic heterocycles. The molecule has 0 bridgehead atoms. The monoisotopic (exact) mass is 502 g/mol. The van der Waals surface area contributed by atoms with E-state index in [1.165, 1.54) is 5.57 Å². The van der Waals surface area contributed by atoms with Gasteiger partial charge in [-0.2, -0.15) is 0 Å². The van der Waals surface area contributed by atoms with Crippen molar-refractivity contribution in [3.63, 3.8) is 0 Å². The van der Waals surface area contributed by atoms with Crippen LogP contribution in [0.1, 0.15) is 120 Å². The highest BCUT2D eigenvalue weighted by Gasteiger charge is 2.71. The van der Waals surface area contributed by atoms with Crippen LogP contribution >= 0.6 is 0 Å². The second-order valence-electron chi connectivity index (χ2n) is 15.1. The second-order valence-corrected chi connectivity index (χ2v) is 15.1. The first kappa shape index (κ1) is 28.1. The number of hydrogen-bond acceptors (Lipinski definition) is 4. The van der Waals surface area contributed by atoms with Crippen LogP contribution in [0, 0.1) is 45.3 Å². The normalized spacial score (nSPS) is 47.1. The summed E-state index contributed by atoms with van der Waals surface area (Å²) in [4.78, 5) is 12.4. The van der Waals surface area contributed by atoms with E-state index in [1.54, 1.807) is 6.92 Å². The van der Waals surface area contributed by atoms with Crippen molar-refractivity contribution in [1.29, 1.82) is 0 Å². The molecule has 4 fully saturated rings. The van der Waals surface area contributed by atoms with Crippen LogP contribution in [0.25, 0.3) is 0 Å². The van der Waals surface area contributed by atoms with Crippen LogP contribution in [-0.2, 0) is 9.53 Å². The number of carbonyl (C=O) groups is 1. The molecular formula is C32H54O4. The third-order valence-corrected chi connectivity index (χ3v) is 12.7. The van der Waals surface area contributed by atoms with Gasteiger partial charge in [-0.1, -0.05) is 46.3 Å². The van der Waals surface area contributed by atoms with Crippen LogP contribution in [0.4, 0.5) is 0 Å². The molecule has 4 nitrogen and oxygen atoms in total. The summed E-state index contributed by atoms with van der Waals surface area (Å²) in [5.74, 6) is 1.01. The fourth-order valence-electron chi connectivity index (χ4n) is 10.6. The standard InChI is InChI=1S/C32H54O4/c1-20(2)11-10-15-32(9,35)22-12-17-31(8)27(22)23(36-21(3)33)19-25-29(6)16-14-26(34)28(4,5)24(29)13-18-30(25,31)7/h11,22-27,34-35H,10,12-19H2,1-9H3/t22?,23?,24?,25?,26-,27?,29?,30?,31?,32?/m1/s1. The summed E-state index contributed by atoms with van der Waals surface area (Å²) in [6.45, 7) is 19.9. The molecule has 206 valence electrons.